The highest BCUT2D eigenvalue weighted by Crippen LogP contribution is 2.28. The van der Waals surface area contributed by atoms with Gasteiger partial charge in [-0.1, -0.05) is 45.7 Å². The van der Waals surface area contributed by atoms with Gasteiger partial charge in [0.15, 0.2) is 0 Å². The van der Waals surface area contributed by atoms with E-state index in [0.29, 0.717) is 0 Å². The van der Waals surface area contributed by atoms with E-state index in [9.17, 15) is 0 Å². The lowest BCUT2D eigenvalue weighted by molar-refractivity contribution is 0.735. The highest BCUT2D eigenvalue weighted by Gasteiger charge is 2.05. The van der Waals surface area contributed by atoms with Gasteiger partial charge >= 0.3 is 0 Å². The molecule has 0 saturated carbocycles. The quantitative estimate of drug-likeness (QED) is 0.724. The van der Waals surface area contributed by atoms with Crippen LogP contribution in [-0.4, -0.2) is 6.04 Å². The first-order valence-electron chi connectivity index (χ1n) is 6.46. The van der Waals surface area contributed by atoms with Crippen LogP contribution in [0.2, 0.25) is 5.02 Å². The summed E-state index contributed by atoms with van der Waals surface area (Å²) in [4.78, 5) is 1.25. The van der Waals surface area contributed by atoms with E-state index in [4.69, 9.17) is 17.3 Å². The van der Waals surface area contributed by atoms with Crippen molar-refractivity contribution in [3.63, 3.8) is 0 Å². The third-order valence-corrected chi connectivity index (χ3v) is 4.94. The van der Waals surface area contributed by atoms with Gasteiger partial charge in [0, 0.05) is 26.2 Å². The summed E-state index contributed by atoms with van der Waals surface area (Å²) in [7, 11) is 0. The monoisotopic (exact) mass is 369 g/mol. The van der Waals surface area contributed by atoms with Crippen molar-refractivity contribution in [3.8, 4) is 0 Å². The number of hydrogen-bond acceptors (Lipinski definition) is 2. The molecule has 4 heteroatoms. The fourth-order valence-corrected chi connectivity index (χ4v) is 3.59. The van der Waals surface area contributed by atoms with E-state index in [1.165, 1.54) is 16.0 Å². The standard InChI is InChI=1S/C16H17BrClNS/c1-11(19)8-13-4-7-15(9-16(13)17)20-10-12-2-5-14(18)6-3-12/h2-7,9,11H,8,10,19H2,1H3. The Bertz CT molecular complexity index is 569. The number of nitrogens with two attached hydrogens (primary N) is 1. The summed E-state index contributed by atoms with van der Waals surface area (Å²) in [6.45, 7) is 2.02. The third kappa shape index (κ3) is 4.81. The zero-order valence-electron chi connectivity index (χ0n) is 11.3. The lowest BCUT2D eigenvalue weighted by Gasteiger charge is -2.09. The molecule has 1 atom stereocenters. The van der Waals surface area contributed by atoms with Crippen LogP contribution in [0.4, 0.5) is 0 Å². The van der Waals surface area contributed by atoms with Crippen LogP contribution in [0, 0.1) is 0 Å². The van der Waals surface area contributed by atoms with Crippen molar-refractivity contribution in [2.75, 3.05) is 0 Å². The van der Waals surface area contributed by atoms with Crippen molar-refractivity contribution < 1.29 is 0 Å². The molecule has 1 unspecified atom stereocenters. The Kier molecular flexibility index (Phi) is 5.97. The molecule has 0 aliphatic heterocycles. The smallest absolute Gasteiger partial charge is 0.0406 e. The summed E-state index contributed by atoms with van der Waals surface area (Å²) in [5.41, 5.74) is 8.37. The van der Waals surface area contributed by atoms with Crippen LogP contribution in [0.3, 0.4) is 0 Å². The summed E-state index contributed by atoms with van der Waals surface area (Å²) in [5.74, 6) is 0.941. The van der Waals surface area contributed by atoms with Crippen LogP contribution in [0.5, 0.6) is 0 Å². The summed E-state index contributed by atoms with van der Waals surface area (Å²) in [5, 5.41) is 0.779. The van der Waals surface area contributed by atoms with Crippen molar-refractivity contribution in [3.05, 3.63) is 63.1 Å². The van der Waals surface area contributed by atoms with E-state index < -0.39 is 0 Å². The lowest BCUT2D eigenvalue weighted by Crippen LogP contribution is -2.17. The van der Waals surface area contributed by atoms with Crippen molar-refractivity contribution in [1.29, 1.82) is 0 Å². The Morgan fingerprint density at radius 1 is 1.20 bits per heavy atom. The van der Waals surface area contributed by atoms with Crippen LogP contribution >= 0.6 is 39.3 Å². The molecule has 0 aliphatic carbocycles. The van der Waals surface area contributed by atoms with E-state index >= 15 is 0 Å². The van der Waals surface area contributed by atoms with Gasteiger partial charge in [-0.15, -0.1) is 11.8 Å². The molecule has 0 amide bonds. The topological polar surface area (TPSA) is 26.0 Å². The minimum absolute atomic E-state index is 0.180. The molecule has 0 heterocycles. The maximum atomic E-state index is 5.89. The van der Waals surface area contributed by atoms with Gasteiger partial charge in [-0.2, -0.15) is 0 Å². The van der Waals surface area contributed by atoms with Gasteiger partial charge in [-0.25, -0.2) is 0 Å². The molecule has 106 valence electrons. The normalized spacial score (nSPS) is 12.4. The van der Waals surface area contributed by atoms with E-state index in [0.717, 1.165) is 21.7 Å². The van der Waals surface area contributed by atoms with E-state index in [1.807, 2.05) is 30.8 Å². The summed E-state index contributed by atoms with van der Waals surface area (Å²) >= 11 is 11.3. The molecule has 20 heavy (non-hydrogen) atoms. The molecule has 0 radical (unpaired) electrons. The zero-order chi connectivity index (χ0) is 14.5. The van der Waals surface area contributed by atoms with Gasteiger partial charge in [0.1, 0.15) is 0 Å². The summed E-state index contributed by atoms with van der Waals surface area (Å²) < 4.78 is 1.14. The number of hydrogen-bond donors (Lipinski definition) is 1. The van der Waals surface area contributed by atoms with Crippen molar-refractivity contribution in [2.45, 2.75) is 30.0 Å². The number of halogens is 2. The van der Waals surface area contributed by atoms with Gasteiger partial charge in [0.25, 0.3) is 0 Å². The number of benzene rings is 2. The Morgan fingerprint density at radius 2 is 1.90 bits per heavy atom. The molecule has 2 aromatic carbocycles. The maximum absolute atomic E-state index is 5.89. The molecular weight excluding hydrogens is 354 g/mol. The molecule has 0 aliphatic rings. The second-order valence-electron chi connectivity index (χ2n) is 4.85. The van der Waals surface area contributed by atoms with Crippen LogP contribution in [0.15, 0.2) is 51.8 Å². The van der Waals surface area contributed by atoms with Gasteiger partial charge in [-0.05, 0) is 48.7 Å². The highest BCUT2D eigenvalue weighted by atomic mass is 79.9. The average Bonchev–Trinajstić information content (AvgIpc) is 2.40. The molecule has 0 fully saturated rings. The third-order valence-electron chi connectivity index (χ3n) is 2.89. The van der Waals surface area contributed by atoms with Gasteiger partial charge in [0.2, 0.25) is 0 Å². The first-order chi connectivity index (χ1) is 9.54. The molecule has 0 aromatic heterocycles. The molecule has 2 N–H and O–H groups in total. The Morgan fingerprint density at radius 3 is 2.50 bits per heavy atom. The van der Waals surface area contributed by atoms with Crippen LogP contribution in [-0.2, 0) is 12.2 Å². The van der Waals surface area contributed by atoms with E-state index in [2.05, 4.69) is 46.3 Å². The average molecular weight is 371 g/mol. The zero-order valence-corrected chi connectivity index (χ0v) is 14.4. The number of thioether (sulfide) groups is 1. The van der Waals surface area contributed by atoms with Crippen molar-refractivity contribution >= 4 is 39.3 Å². The largest absolute Gasteiger partial charge is 0.328 e. The second kappa shape index (κ2) is 7.51. The SMILES string of the molecule is CC(N)Cc1ccc(SCc2ccc(Cl)cc2)cc1Br. The predicted molar refractivity (Wildman–Crippen MR) is 92.5 cm³/mol. The minimum Gasteiger partial charge on any atom is -0.328 e. The highest BCUT2D eigenvalue weighted by molar-refractivity contribution is 9.10. The second-order valence-corrected chi connectivity index (χ2v) is 7.19. The van der Waals surface area contributed by atoms with Crippen LogP contribution in [0.25, 0.3) is 0 Å². The lowest BCUT2D eigenvalue weighted by atomic mass is 10.1. The molecular formula is C16H17BrClNS. The van der Waals surface area contributed by atoms with E-state index in [1.54, 1.807) is 0 Å². The Labute approximate surface area is 138 Å². The number of rotatable bonds is 5. The fraction of sp³-hybridized carbons (Fsp3) is 0.250. The van der Waals surface area contributed by atoms with Gasteiger partial charge < -0.3 is 5.73 Å². The Hall–Kier alpha value is -0.480. The first-order valence-corrected chi connectivity index (χ1v) is 8.61. The van der Waals surface area contributed by atoms with Gasteiger partial charge in [0.05, 0.1) is 0 Å². The van der Waals surface area contributed by atoms with Crippen LogP contribution in [0.1, 0.15) is 18.1 Å². The fourth-order valence-electron chi connectivity index (χ4n) is 1.88. The van der Waals surface area contributed by atoms with Crippen LogP contribution < -0.4 is 5.73 Å². The summed E-state index contributed by atoms with van der Waals surface area (Å²) in [6.07, 6.45) is 0.892. The van der Waals surface area contributed by atoms with Crippen molar-refractivity contribution in [1.82, 2.24) is 0 Å². The van der Waals surface area contributed by atoms with E-state index in [-0.39, 0.29) is 6.04 Å². The molecule has 0 spiro atoms. The Balaban J connectivity index is 1.99. The minimum atomic E-state index is 0.180. The first kappa shape index (κ1) is 15.9. The van der Waals surface area contributed by atoms with Gasteiger partial charge in [-0.3, -0.25) is 0 Å². The summed E-state index contributed by atoms with van der Waals surface area (Å²) in [6, 6.07) is 14.6. The van der Waals surface area contributed by atoms with Crippen molar-refractivity contribution in [2.24, 2.45) is 5.73 Å². The molecule has 0 bridgehead atoms. The molecule has 0 saturated heterocycles. The molecule has 2 rings (SSSR count). The maximum Gasteiger partial charge on any atom is 0.0406 e. The predicted octanol–water partition coefficient (Wildman–Crippen LogP) is 5.28. The molecule has 2 aromatic rings. The molecule has 1 nitrogen and oxygen atoms in total.